The number of rotatable bonds is 4. The number of benzene rings is 1. The van der Waals surface area contributed by atoms with Crippen molar-refractivity contribution in [2.24, 2.45) is 0 Å². The first-order valence-corrected chi connectivity index (χ1v) is 7.03. The van der Waals surface area contributed by atoms with Gasteiger partial charge in [-0.1, -0.05) is 0 Å². The Morgan fingerprint density at radius 1 is 1.38 bits per heavy atom. The molecule has 0 aliphatic rings. The maximum absolute atomic E-state index is 10.7. The summed E-state index contributed by atoms with van der Waals surface area (Å²) in [6.07, 6.45) is 3.00. The zero-order valence-corrected chi connectivity index (χ0v) is 9.90. The molecule has 1 aromatic carbocycles. The summed E-state index contributed by atoms with van der Waals surface area (Å²) in [5, 5.41) is 0. The van der Waals surface area contributed by atoms with Crippen molar-refractivity contribution in [1.82, 2.24) is 0 Å². The first kappa shape index (κ1) is 10.5. The molecule has 0 spiro atoms. The number of allylic oxidation sites excluding steroid dienone is 1. The van der Waals surface area contributed by atoms with E-state index in [-0.39, 0.29) is 20.9 Å². The van der Waals surface area contributed by atoms with Gasteiger partial charge in [0.05, 0.1) is 0 Å². The fraction of sp³-hybridized carbons (Fsp3) is 0.182. The summed E-state index contributed by atoms with van der Waals surface area (Å²) in [7, 11) is 0. The van der Waals surface area contributed by atoms with Crippen molar-refractivity contribution in [3.8, 4) is 0 Å². The van der Waals surface area contributed by atoms with E-state index in [1.807, 2.05) is 36.4 Å². The van der Waals surface area contributed by atoms with Crippen LogP contribution in [0, 0.1) is 0 Å². The maximum atomic E-state index is 10.7. The Morgan fingerprint density at radius 3 is 2.62 bits per heavy atom. The average Bonchev–Trinajstić information content (AvgIpc) is 2.19. The van der Waals surface area contributed by atoms with E-state index < -0.39 is 0 Å². The molecule has 2 heteroatoms. The predicted octanol–water partition coefficient (Wildman–Crippen LogP) is 2.37. The van der Waals surface area contributed by atoms with E-state index in [2.05, 4.69) is 6.92 Å². The van der Waals surface area contributed by atoms with Gasteiger partial charge >= 0.3 is 89.0 Å². The van der Waals surface area contributed by atoms with Crippen molar-refractivity contribution in [2.45, 2.75) is 11.4 Å². The minimum absolute atomic E-state index is 0.240. The summed E-state index contributed by atoms with van der Waals surface area (Å²) in [6.45, 7) is 2.13. The van der Waals surface area contributed by atoms with Crippen molar-refractivity contribution >= 4 is 33.3 Å². The molecule has 0 bridgehead atoms. The third-order valence-electron chi connectivity index (χ3n) is 1.54. The van der Waals surface area contributed by atoms with E-state index in [0.717, 1.165) is 19.9 Å². The predicted molar refractivity (Wildman–Crippen MR) is 56.7 cm³/mol. The molecule has 0 fully saturated rings. The first-order valence-electron chi connectivity index (χ1n) is 4.21. The van der Waals surface area contributed by atoms with Gasteiger partial charge in [0.15, 0.2) is 0 Å². The molecule has 13 heavy (non-hydrogen) atoms. The Kier molecular flexibility index (Phi) is 4.82. The average molecular weight is 288 g/mol. The van der Waals surface area contributed by atoms with Crippen molar-refractivity contribution in [3.63, 3.8) is 0 Å². The van der Waals surface area contributed by atoms with Gasteiger partial charge in [0, 0.05) is 0 Å². The standard InChI is InChI=1S/C11H12OTe/c1-2-13-11(9-12)8-10-6-4-3-5-7-10/h3-9H,2H2,1H3/b11-8-. The van der Waals surface area contributed by atoms with Gasteiger partial charge in [-0.2, -0.15) is 0 Å². The van der Waals surface area contributed by atoms with Gasteiger partial charge in [-0.05, 0) is 0 Å². The topological polar surface area (TPSA) is 17.1 Å². The quantitative estimate of drug-likeness (QED) is 0.472. The molecule has 0 aliphatic carbocycles. The minimum atomic E-state index is -0.240. The van der Waals surface area contributed by atoms with Crippen LogP contribution in [-0.4, -0.2) is 27.2 Å². The number of hydrogen-bond acceptors (Lipinski definition) is 1. The molecule has 0 saturated carbocycles. The second-order valence-corrected chi connectivity index (χ2v) is 6.33. The van der Waals surface area contributed by atoms with Gasteiger partial charge in [0.2, 0.25) is 0 Å². The first-order chi connectivity index (χ1) is 6.36. The molecule has 68 valence electrons. The van der Waals surface area contributed by atoms with Crippen LogP contribution in [0.25, 0.3) is 6.08 Å². The SMILES string of the molecule is CC[Te]/C(C=O)=C\c1ccccc1. The van der Waals surface area contributed by atoms with Gasteiger partial charge in [-0.15, -0.1) is 0 Å². The molecule has 1 rings (SSSR count). The van der Waals surface area contributed by atoms with Crippen molar-refractivity contribution in [2.75, 3.05) is 0 Å². The van der Waals surface area contributed by atoms with Gasteiger partial charge < -0.3 is 0 Å². The van der Waals surface area contributed by atoms with Crippen LogP contribution in [-0.2, 0) is 4.79 Å². The van der Waals surface area contributed by atoms with Crippen LogP contribution in [0.15, 0.2) is 34.0 Å². The number of aldehydes is 1. The summed E-state index contributed by atoms with van der Waals surface area (Å²) < 4.78 is 2.14. The second-order valence-electron chi connectivity index (χ2n) is 2.51. The Bertz CT molecular complexity index is 290. The molecule has 1 aromatic rings. The van der Waals surface area contributed by atoms with Crippen LogP contribution in [0.1, 0.15) is 12.5 Å². The molecule has 1 nitrogen and oxygen atoms in total. The molecule has 0 aromatic heterocycles. The van der Waals surface area contributed by atoms with Gasteiger partial charge in [-0.25, -0.2) is 0 Å². The third kappa shape index (κ3) is 3.76. The Balaban J connectivity index is 2.79. The number of carbonyl (C=O) groups is 1. The van der Waals surface area contributed by atoms with Crippen molar-refractivity contribution in [1.29, 1.82) is 0 Å². The van der Waals surface area contributed by atoms with E-state index in [1.165, 1.54) is 0 Å². The van der Waals surface area contributed by atoms with Crippen LogP contribution in [0.4, 0.5) is 0 Å². The van der Waals surface area contributed by atoms with E-state index >= 15 is 0 Å². The summed E-state index contributed by atoms with van der Waals surface area (Å²) >= 11 is -0.240. The Labute approximate surface area is 88.9 Å². The van der Waals surface area contributed by atoms with Crippen LogP contribution in [0.2, 0.25) is 4.47 Å². The summed E-state index contributed by atoms with van der Waals surface area (Å²) in [5.41, 5.74) is 1.13. The fourth-order valence-corrected chi connectivity index (χ4v) is 2.76. The van der Waals surface area contributed by atoms with Crippen LogP contribution < -0.4 is 0 Å². The normalized spacial score (nSPS) is 11.3. The number of carbonyl (C=O) groups excluding carboxylic acids is 1. The summed E-state index contributed by atoms with van der Waals surface area (Å²) in [6, 6.07) is 9.99. The molecule has 0 aliphatic heterocycles. The van der Waals surface area contributed by atoms with E-state index in [9.17, 15) is 4.79 Å². The second kappa shape index (κ2) is 5.96. The molecular formula is C11H12OTe. The zero-order chi connectivity index (χ0) is 9.52. The Morgan fingerprint density at radius 2 is 2.08 bits per heavy atom. The summed E-state index contributed by atoms with van der Waals surface area (Å²) in [5.74, 6) is 0. The molecule has 0 saturated heterocycles. The van der Waals surface area contributed by atoms with Gasteiger partial charge in [0.25, 0.3) is 0 Å². The van der Waals surface area contributed by atoms with E-state index in [4.69, 9.17) is 0 Å². The monoisotopic (exact) mass is 290 g/mol. The van der Waals surface area contributed by atoms with Crippen molar-refractivity contribution < 1.29 is 4.79 Å². The molecule has 0 heterocycles. The zero-order valence-electron chi connectivity index (χ0n) is 7.57. The molecule has 0 atom stereocenters. The van der Waals surface area contributed by atoms with Crippen LogP contribution in [0.5, 0.6) is 0 Å². The molecular weight excluding hydrogens is 276 g/mol. The molecule has 0 amide bonds. The Hall–Kier alpha value is -0.580. The van der Waals surface area contributed by atoms with Crippen molar-refractivity contribution in [3.05, 3.63) is 39.5 Å². The van der Waals surface area contributed by atoms with Gasteiger partial charge in [0.1, 0.15) is 0 Å². The fourth-order valence-electron chi connectivity index (χ4n) is 0.990. The molecule has 0 radical (unpaired) electrons. The van der Waals surface area contributed by atoms with Crippen LogP contribution >= 0.6 is 0 Å². The molecule has 0 N–H and O–H groups in total. The molecule has 0 unspecified atom stereocenters. The van der Waals surface area contributed by atoms with E-state index in [0.29, 0.717) is 0 Å². The third-order valence-corrected chi connectivity index (χ3v) is 3.92. The summed E-state index contributed by atoms with van der Waals surface area (Å²) in [4.78, 5) is 10.7. The van der Waals surface area contributed by atoms with E-state index in [1.54, 1.807) is 0 Å². The van der Waals surface area contributed by atoms with Gasteiger partial charge in [-0.3, -0.25) is 0 Å². The number of hydrogen-bond donors (Lipinski definition) is 0. The van der Waals surface area contributed by atoms with Crippen LogP contribution in [0.3, 0.4) is 0 Å².